The highest BCUT2D eigenvalue weighted by Gasteiger charge is 2.36. The second-order valence-corrected chi connectivity index (χ2v) is 5.58. The Morgan fingerprint density at radius 2 is 2.00 bits per heavy atom. The van der Waals surface area contributed by atoms with E-state index in [9.17, 15) is 9.59 Å². The summed E-state index contributed by atoms with van der Waals surface area (Å²) >= 11 is 3.24. The maximum absolute atomic E-state index is 12.2. The Morgan fingerprint density at radius 1 is 1.35 bits per heavy atom. The van der Waals surface area contributed by atoms with Gasteiger partial charge in [0.15, 0.2) is 0 Å². The van der Waals surface area contributed by atoms with E-state index in [1.165, 1.54) is 18.2 Å². The fraction of sp³-hybridized carbons (Fsp3) is 0.385. The van der Waals surface area contributed by atoms with Gasteiger partial charge in [-0.2, -0.15) is 0 Å². The number of amides is 1. The number of aromatic carboxylic acids is 1. The van der Waals surface area contributed by atoms with E-state index in [0.717, 1.165) is 0 Å². The molecule has 0 bridgehead atoms. The Kier molecular flexibility index (Phi) is 4.42. The minimum atomic E-state index is -1.02. The first-order valence-corrected chi connectivity index (χ1v) is 6.93. The molecular formula is C13H15BrN2O4. The fourth-order valence-corrected chi connectivity index (χ4v) is 2.44. The van der Waals surface area contributed by atoms with E-state index in [0.29, 0.717) is 36.2 Å². The lowest BCUT2D eigenvalue weighted by molar-refractivity contribution is -0.124. The summed E-state index contributed by atoms with van der Waals surface area (Å²) in [5, 5.41) is 11.6. The van der Waals surface area contributed by atoms with Gasteiger partial charge in [0, 0.05) is 17.7 Å². The van der Waals surface area contributed by atoms with Crippen molar-refractivity contribution in [2.24, 2.45) is 5.73 Å². The van der Waals surface area contributed by atoms with Crippen LogP contribution in [0, 0.1) is 0 Å². The fourth-order valence-electron chi connectivity index (χ4n) is 1.96. The first kappa shape index (κ1) is 15.0. The number of anilines is 1. The van der Waals surface area contributed by atoms with Crippen LogP contribution in [0.5, 0.6) is 0 Å². The monoisotopic (exact) mass is 342 g/mol. The minimum Gasteiger partial charge on any atom is -0.478 e. The lowest BCUT2D eigenvalue weighted by atomic mass is 9.90. The molecule has 0 unspecified atom stereocenters. The topological polar surface area (TPSA) is 102 Å². The van der Waals surface area contributed by atoms with Crippen LogP contribution in [0.15, 0.2) is 22.7 Å². The van der Waals surface area contributed by atoms with Crippen molar-refractivity contribution in [3.63, 3.8) is 0 Å². The Labute approximate surface area is 124 Å². The van der Waals surface area contributed by atoms with E-state index in [1.807, 2.05) is 0 Å². The molecule has 0 aromatic heterocycles. The van der Waals surface area contributed by atoms with Gasteiger partial charge in [-0.05, 0) is 47.0 Å². The molecule has 1 amide bonds. The number of carboxylic acid groups (broad SMARTS) is 1. The summed E-state index contributed by atoms with van der Waals surface area (Å²) in [5.41, 5.74) is 5.77. The highest BCUT2D eigenvalue weighted by atomic mass is 79.9. The van der Waals surface area contributed by atoms with Crippen LogP contribution in [0.2, 0.25) is 0 Å². The summed E-state index contributed by atoms with van der Waals surface area (Å²) < 4.78 is 5.70. The molecule has 0 spiro atoms. The van der Waals surface area contributed by atoms with Gasteiger partial charge in [0.1, 0.15) is 5.54 Å². The van der Waals surface area contributed by atoms with Crippen molar-refractivity contribution in [3.8, 4) is 0 Å². The maximum atomic E-state index is 12.2. The molecule has 0 atom stereocenters. The second kappa shape index (κ2) is 5.90. The summed E-state index contributed by atoms with van der Waals surface area (Å²) in [6, 6.07) is 4.40. The summed E-state index contributed by atoms with van der Waals surface area (Å²) in [5.74, 6) is -1.31. The van der Waals surface area contributed by atoms with Crippen molar-refractivity contribution in [1.82, 2.24) is 0 Å². The molecule has 1 fully saturated rings. The smallest absolute Gasteiger partial charge is 0.335 e. The average molecular weight is 343 g/mol. The van der Waals surface area contributed by atoms with Gasteiger partial charge in [-0.3, -0.25) is 4.79 Å². The largest absolute Gasteiger partial charge is 0.478 e. The average Bonchev–Trinajstić information content (AvgIpc) is 2.41. The molecule has 0 aliphatic carbocycles. The molecule has 4 N–H and O–H groups in total. The molecular weight excluding hydrogens is 328 g/mol. The third-order valence-electron chi connectivity index (χ3n) is 3.30. The van der Waals surface area contributed by atoms with Gasteiger partial charge in [0.25, 0.3) is 0 Å². The number of rotatable bonds is 3. The predicted octanol–water partition coefficient (Wildman–Crippen LogP) is 1.59. The molecule has 1 aromatic rings. The van der Waals surface area contributed by atoms with Gasteiger partial charge in [-0.25, -0.2) is 4.79 Å². The quantitative estimate of drug-likeness (QED) is 0.774. The van der Waals surface area contributed by atoms with E-state index in [4.69, 9.17) is 15.6 Å². The zero-order valence-corrected chi connectivity index (χ0v) is 12.3. The van der Waals surface area contributed by atoms with E-state index in [-0.39, 0.29) is 11.5 Å². The van der Waals surface area contributed by atoms with Gasteiger partial charge in [0.05, 0.1) is 11.3 Å². The lowest BCUT2D eigenvalue weighted by Gasteiger charge is -2.31. The number of hydrogen-bond donors (Lipinski definition) is 3. The van der Waals surface area contributed by atoms with Crippen LogP contribution in [0.25, 0.3) is 0 Å². The molecule has 0 saturated carbocycles. The number of carbonyl (C=O) groups is 2. The zero-order valence-electron chi connectivity index (χ0n) is 10.7. The van der Waals surface area contributed by atoms with E-state index >= 15 is 0 Å². The molecule has 2 rings (SSSR count). The molecule has 1 heterocycles. The summed E-state index contributed by atoms with van der Waals surface area (Å²) in [4.78, 5) is 23.1. The molecule has 7 heteroatoms. The van der Waals surface area contributed by atoms with Crippen molar-refractivity contribution in [2.75, 3.05) is 18.5 Å². The second-order valence-electron chi connectivity index (χ2n) is 4.72. The molecule has 108 valence electrons. The molecule has 1 saturated heterocycles. The molecule has 20 heavy (non-hydrogen) atoms. The Balaban J connectivity index is 2.13. The van der Waals surface area contributed by atoms with Crippen LogP contribution in [-0.4, -0.2) is 35.7 Å². The third kappa shape index (κ3) is 3.17. The molecule has 1 aromatic carbocycles. The highest BCUT2D eigenvalue weighted by molar-refractivity contribution is 9.10. The summed E-state index contributed by atoms with van der Waals surface area (Å²) in [6.07, 6.45) is 0.924. The summed E-state index contributed by atoms with van der Waals surface area (Å²) in [6.45, 7) is 0.923. The number of carbonyl (C=O) groups excluding carboxylic acids is 1. The number of carboxylic acids is 1. The number of nitrogens with one attached hydrogen (secondary N) is 1. The lowest BCUT2D eigenvalue weighted by Crippen LogP contribution is -2.54. The van der Waals surface area contributed by atoms with Gasteiger partial charge in [-0.1, -0.05) is 0 Å². The van der Waals surface area contributed by atoms with Gasteiger partial charge in [-0.15, -0.1) is 0 Å². The Bertz CT molecular complexity index is 541. The van der Waals surface area contributed by atoms with Crippen LogP contribution in [0.3, 0.4) is 0 Å². The number of hydrogen-bond acceptors (Lipinski definition) is 4. The van der Waals surface area contributed by atoms with Crippen LogP contribution in [0.4, 0.5) is 5.69 Å². The van der Waals surface area contributed by atoms with Crippen molar-refractivity contribution in [3.05, 3.63) is 28.2 Å². The normalized spacial score (nSPS) is 17.5. The molecule has 0 radical (unpaired) electrons. The van der Waals surface area contributed by atoms with Crippen LogP contribution in [0.1, 0.15) is 23.2 Å². The zero-order chi connectivity index (χ0) is 14.8. The van der Waals surface area contributed by atoms with Crippen LogP contribution >= 0.6 is 15.9 Å². The van der Waals surface area contributed by atoms with Crippen LogP contribution in [-0.2, 0) is 9.53 Å². The maximum Gasteiger partial charge on any atom is 0.335 e. The van der Waals surface area contributed by atoms with Gasteiger partial charge in [0.2, 0.25) is 5.91 Å². The number of halogens is 1. The minimum absolute atomic E-state index is 0.142. The molecule has 6 nitrogen and oxygen atoms in total. The summed E-state index contributed by atoms with van der Waals surface area (Å²) in [7, 11) is 0. The standard InChI is InChI=1S/C13H15BrN2O4/c14-9-7-8(11(17)18)1-2-10(9)16-12(19)13(15)3-5-20-6-4-13/h1-2,7H,3-6,15H2,(H,16,19)(H,17,18). The number of benzene rings is 1. The van der Waals surface area contributed by atoms with E-state index in [1.54, 1.807) is 0 Å². The van der Waals surface area contributed by atoms with Crippen molar-refractivity contribution < 1.29 is 19.4 Å². The first-order valence-electron chi connectivity index (χ1n) is 6.13. The van der Waals surface area contributed by atoms with E-state index in [2.05, 4.69) is 21.2 Å². The van der Waals surface area contributed by atoms with Crippen molar-refractivity contribution in [1.29, 1.82) is 0 Å². The van der Waals surface area contributed by atoms with Gasteiger partial charge < -0.3 is 20.9 Å². The number of ether oxygens (including phenoxy) is 1. The number of nitrogens with two attached hydrogens (primary N) is 1. The highest BCUT2D eigenvalue weighted by Crippen LogP contribution is 2.26. The third-order valence-corrected chi connectivity index (χ3v) is 3.96. The SMILES string of the molecule is NC1(C(=O)Nc2ccc(C(=O)O)cc2Br)CCOCC1. The molecule has 1 aliphatic rings. The molecule has 1 aliphatic heterocycles. The Hall–Kier alpha value is -1.44. The predicted molar refractivity (Wildman–Crippen MR) is 76.7 cm³/mol. The van der Waals surface area contributed by atoms with E-state index < -0.39 is 11.5 Å². The van der Waals surface area contributed by atoms with Crippen LogP contribution < -0.4 is 11.1 Å². The van der Waals surface area contributed by atoms with Crippen molar-refractivity contribution in [2.45, 2.75) is 18.4 Å². The first-order chi connectivity index (χ1) is 9.42. The van der Waals surface area contributed by atoms with Crippen molar-refractivity contribution >= 4 is 33.5 Å². The Morgan fingerprint density at radius 3 is 2.55 bits per heavy atom. The van der Waals surface area contributed by atoms with Gasteiger partial charge >= 0.3 is 5.97 Å².